The van der Waals surface area contributed by atoms with Gasteiger partial charge in [0.2, 0.25) is 5.91 Å². The lowest BCUT2D eigenvalue weighted by atomic mass is 9.84. The molecule has 0 unspecified atom stereocenters. The van der Waals surface area contributed by atoms with E-state index < -0.39 is 0 Å². The average molecular weight is 340 g/mol. The van der Waals surface area contributed by atoms with E-state index in [4.69, 9.17) is 23.2 Å². The number of carbonyl (C=O) groups is 1. The van der Waals surface area contributed by atoms with Crippen LogP contribution < -0.4 is 10.6 Å². The van der Waals surface area contributed by atoms with Crippen LogP contribution in [0.5, 0.6) is 0 Å². The largest absolute Gasteiger partial charge is 0.355 e. The van der Waals surface area contributed by atoms with Gasteiger partial charge in [0.05, 0.1) is 10.0 Å². The molecule has 0 aliphatic heterocycles. The molecule has 0 radical (unpaired) electrons. The third-order valence-electron chi connectivity index (χ3n) is 3.03. The van der Waals surface area contributed by atoms with E-state index in [2.05, 4.69) is 24.5 Å². The summed E-state index contributed by atoms with van der Waals surface area (Å²) in [5, 5.41) is 6.96. The van der Waals surface area contributed by atoms with Gasteiger partial charge in [-0.1, -0.05) is 43.1 Å². The highest BCUT2D eigenvalue weighted by atomic mass is 35.5. The molecular formula is C14H21Cl3N2O. The molecule has 114 valence electrons. The minimum atomic E-state index is -0.191. The van der Waals surface area contributed by atoms with E-state index in [0.717, 1.165) is 5.56 Å². The number of halogens is 3. The first-order valence-corrected chi connectivity index (χ1v) is 6.99. The summed E-state index contributed by atoms with van der Waals surface area (Å²) in [7, 11) is 1.83. The predicted octanol–water partition coefficient (Wildman–Crippen LogP) is 3.42. The van der Waals surface area contributed by atoms with Crippen LogP contribution in [0.25, 0.3) is 0 Å². The lowest BCUT2D eigenvalue weighted by Gasteiger charge is -2.26. The standard InChI is InChI=1S/C14H20Cl2N2O.ClH/c1-14(2,9-18-13(19)6-7-17-3)10-4-5-11(15)12(16)8-10;/h4-5,8,17H,6-7,9H2,1-3H3,(H,18,19);1H. The predicted molar refractivity (Wildman–Crippen MR) is 88.3 cm³/mol. The van der Waals surface area contributed by atoms with Crippen LogP contribution in [-0.4, -0.2) is 26.0 Å². The Morgan fingerprint density at radius 1 is 1.25 bits per heavy atom. The third-order valence-corrected chi connectivity index (χ3v) is 3.77. The summed E-state index contributed by atoms with van der Waals surface area (Å²) in [5.41, 5.74) is 0.861. The van der Waals surface area contributed by atoms with E-state index in [-0.39, 0.29) is 23.7 Å². The first kappa shape index (κ1) is 19.5. The van der Waals surface area contributed by atoms with Crippen LogP contribution >= 0.6 is 35.6 Å². The second-order valence-corrected chi connectivity index (χ2v) is 5.96. The van der Waals surface area contributed by atoms with Crippen LogP contribution in [0.4, 0.5) is 0 Å². The summed E-state index contributed by atoms with van der Waals surface area (Å²) in [6, 6.07) is 5.57. The molecule has 20 heavy (non-hydrogen) atoms. The van der Waals surface area contributed by atoms with Gasteiger partial charge in [-0.05, 0) is 24.7 Å². The van der Waals surface area contributed by atoms with E-state index in [1.54, 1.807) is 6.07 Å². The first-order valence-electron chi connectivity index (χ1n) is 6.23. The molecule has 0 aliphatic carbocycles. The Balaban J connectivity index is 0.00000361. The second-order valence-electron chi connectivity index (χ2n) is 5.14. The van der Waals surface area contributed by atoms with Crippen LogP contribution in [0.1, 0.15) is 25.8 Å². The van der Waals surface area contributed by atoms with Crippen LogP contribution in [0.3, 0.4) is 0 Å². The summed E-state index contributed by atoms with van der Waals surface area (Å²) in [5.74, 6) is 0.0440. The Labute approximate surface area is 136 Å². The van der Waals surface area contributed by atoms with E-state index >= 15 is 0 Å². The van der Waals surface area contributed by atoms with Gasteiger partial charge in [0.1, 0.15) is 0 Å². The Hall–Kier alpha value is -0.480. The number of benzene rings is 1. The maximum absolute atomic E-state index is 11.6. The van der Waals surface area contributed by atoms with Crippen LogP contribution in [0.2, 0.25) is 10.0 Å². The molecule has 0 spiro atoms. The molecule has 0 fully saturated rings. The van der Waals surface area contributed by atoms with Crippen molar-refractivity contribution in [3.05, 3.63) is 33.8 Å². The Bertz CT molecular complexity index is 450. The fraction of sp³-hybridized carbons (Fsp3) is 0.500. The number of carbonyl (C=O) groups excluding carboxylic acids is 1. The van der Waals surface area contributed by atoms with E-state index in [1.165, 1.54) is 0 Å². The Morgan fingerprint density at radius 3 is 2.45 bits per heavy atom. The van der Waals surface area contributed by atoms with Crippen molar-refractivity contribution in [2.24, 2.45) is 0 Å². The molecular weight excluding hydrogens is 319 g/mol. The Morgan fingerprint density at radius 2 is 1.90 bits per heavy atom. The lowest BCUT2D eigenvalue weighted by molar-refractivity contribution is -0.121. The van der Waals surface area contributed by atoms with Crippen molar-refractivity contribution >= 4 is 41.5 Å². The zero-order chi connectivity index (χ0) is 14.5. The summed E-state index contributed by atoms with van der Waals surface area (Å²) in [6.45, 7) is 5.36. The minimum Gasteiger partial charge on any atom is -0.355 e. The van der Waals surface area contributed by atoms with E-state index in [9.17, 15) is 4.79 Å². The Kier molecular flexibility index (Phi) is 8.52. The molecule has 2 N–H and O–H groups in total. The normalized spacial score (nSPS) is 10.8. The van der Waals surface area contributed by atoms with Crippen molar-refractivity contribution in [3.63, 3.8) is 0 Å². The van der Waals surface area contributed by atoms with Gasteiger partial charge in [0.15, 0.2) is 0 Å². The van der Waals surface area contributed by atoms with Gasteiger partial charge in [-0.15, -0.1) is 12.4 Å². The smallest absolute Gasteiger partial charge is 0.221 e. The highest BCUT2D eigenvalue weighted by Gasteiger charge is 2.22. The number of hydrogen-bond donors (Lipinski definition) is 2. The molecule has 1 amide bonds. The van der Waals surface area contributed by atoms with Gasteiger partial charge in [0, 0.05) is 24.9 Å². The van der Waals surface area contributed by atoms with Gasteiger partial charge in [0.25, 0.3) is 0 Å². The summed E-state index contributed by atoms with van der Waals surface area (Å²) < 4.78 is 0. The third kappa shape index (κ3) is 5.88. The van der Waals surface area contributed by atoms with Crippen molar-refractivity contribution in [1.82, 2.24) is 10.6 Å². The highest BCUT2D eigenvalue weighted by molar-refractivity contribution is 6.42. The molecule has 1 rings (SSSR count). The van der Waals surface area contributed by atoms with Crippen molar-refractivity contribution in [1.29, 1.82) is 0 Å². The molecule has 6 heteroatoms. The quantitative estimate of drug-likeness (QED) is 0.834. The first-order chi connectivity index (χ1) is 8.86. The molecule has 0 aromatic heterocycles. The molecule has 0 aliphatic rings. The monoisotopic (exact) mass is 338 g/mol. The van der Waals surface area contributed by atoms with Crippen LogP contribution in [-0.2, 0) is 10.2 Å². The van der Waals surface area contributed by atoms with Crippen LogP contribution in [0.15, 0.2) is 18.2 Å². The molecule has 0 heterocycles. The number of nitrogens with one attached hydrogen (secondary N) is 2. The maximum Gasteiger partial charge on any atom is 0.221 e. The second kappa shape index (κ2) is 8.73. The molecule has 1 aromatic rings. The van der Waals surface area contributed by atoms with E-state index in [0.29, 0.717) is 29.6 Å². The van der Waals surface area contributed by atoms with Crippen molar-refractivity contribution < 1.29 is 4.79 Å². The lowest BCUT2D eigenvalue weighted by Crippen LogP contribution is -2.37. The van der Waals surface area contributed by atoms with Gasteiger partial charge >= 0.3 is 0 Å². The molecule has 0 saturated carbocycles. The summed E-state index contributed by atoms with van der Waals surface area (Å²) in [6.07, 6.45) is 0.480. The number of amides is 1. The molecule has 0 bridgehead atoms. The minimum absolute atomic E-state index is 0. The van der Waals surface area contributed by atoms with Gasteiger partial charge in [-0.2, -0.15) is 0 Å². The average Bonchev–Trinajstić information content (AvgIpc) is 2.37. The summed E-state index contributed by atoms with van der Waals surface area (Å²) in [4.78, 5) is 11.6. The maximum atomic E-state index is 11.6. The van der Waals surface area contributed by atoms with Crippen LogP contribution in [0, 0.1) is 0 Å². The highest BCUT2D eigenvalue weighted by Crippen LogP contribution is 2.29. The van der Waals surface area contributed by atoms with Gasteiger partial charge in [-0.25, -0.2) is 0 Å². The molecule has 0 atom stereocenters. The topological polar surface area (TPSA) is 41.1 Å². The summed E-state index contributed by atoms with van der Waals surface area (Å²) >= 11 is 11.9. The molecule has 1 aromatic carbocycles. The molecule has 3 nitrogen and oxygen atoms in total. The van der Waals surface area contributed by atoms with Crippen molar-refractivity contribution in [2.75, 3.05) is 20.1 Å². The van der Waals surface area contributed by atoms with Crippen molar-refractivity contribution in [3.8, 4) is 0 Å². The molecule has 0 saturated heterocycles. The fourth-order valence-corrected chi connectivity index (χ4v) is 1.96. The van der Waals surface area contributed by atoms with Gasteiger partial charge < -0.3 is 10.6 Å². The number of hydrogen-bond acceptors (Lipinski definition) is 2. The van der Waals surface area contributed by atoms with Gasteiger partial charge in [-0.3, -0.25) is 4.79 Å². The van der Waals surface area contributed by atoms with Crippen molar-refractivity contribution in [2.45, 2.75) is 25.7 Å². The SMILES string of the molecule is CNCCC(=O)NCC(C)(C)c1ccc(Cl)c(Cl)c1.Cl. The fourth-order valence-electron chi connectivity index (χ4n) is 1.67. The van der Waals surface area contributed by atoms with E-state index in [1.807, 2.05) is 19.2 Å². The number of rotatable bonds is 6. The zero-order valence-electron chi connectivity index (χ0n) is 11.9. The zero-order valence-corrected chi connectivity index (χ0v) is 14.3.